The summed E-state index contributed by atoms with van der Waals surface area (Å²) in [6, 6.07) is 6.98. The second-order valence-electron chi connectivity index (χ2n) is 19.5. The van der Waals surface area contributed by atoms with E-state index in [2.05, 4.69) is 67.1 Å². The van der Waals surface area contributed by atoms with E-state index in [0.29, 0.717) is 50.7 Å². The third-order valence-corrected chi connectivity index (χ3v) is 18.7. The summed E-state index contributed by atoms with van der Waals surface area (Å²) in [5.41, 5.74) is -3.65. The molecular weight excluding hydrogens is 993 g/mol. The molecule has 1 aromatic rings. The van der Waals surface area contributed by atoms with E-state index in [1.165, 1.54) is 30.5 Å². The molecule has 0 spiro atoms. The number of rotatable bonds is 32. The first kappa shape index (κ1) is 59.6. The molecule has 406 valence electrons. The smallest absolute Gasteiger partial charge is 0.435 e. The molecule has 0 amide bonds. The van der Waals surface area contributed by atoms with Crippen molar-refractivity contribution < 1.29 is 69.3 Å². The minimum absolute atomic E-state index is 0.0856. The van der Waals surface area contributed by atoms with Gasteiger partial charge in [-0.1, -0.05) is 61.2 Å². The zero-order valence-electron chi connectivity index (χ0n) is 44.0. The molecule has 0 bridgehead atoms. The quantitative estimate of drug-likeness (QED) is 0.0248. The Hall–Kier alpha value is -1.27. The van der Waals surface area contributed by atoms with Crippen LogP contribution in [0.1, 0.15) is 131 Å². The highest BCUT2D eigenvalue weighted by molar-refractivity contribution is 8.76. The average molecular weight is 1080 g/mol. The van der Waals surface area contributed by atoms with Gasteiger partial charge in [-0.2, -0.15) is 39.5 Å². The van der Waals surface area contributed by atoms with E-state index < -0.39 is 45.8 Å². The van der Waals surface area contributed by atoms with Crippen molar-refractivity contribution in [3.8, 4) is 5.75 Å². The van der Waals surface area contributed by atoms with Crippen molar-refractivity contribution in [2.75, 3.05) is 77.8 Å². The van der Waals surface area contributed by atoms with Crippen LogP contribution in [0.4, 0.5) is 39.5 Å². The molecule has 0 heterocycles. The lowest BCUT2D eigenvalue weighted by molar-refractivity contribution is -0.457. The summed E-state index contributed by atoms with van der Waals surface area (Å²) in [6.07, 6.45) is -8.28. The predicted octanol–water partition coefficient (Wildman–Crippen LogP) is 13.9. The maximum atomic E-state index is 13.2. The Morgan fingerprint density at radius 1 is 0.886 bits per heavy atom. The van der Waals surface area contributed by atoms with Crippen molar-refractivity contribution in [2.24, 2.45) is 23.2 Å². The molecule has 0 radical (unpaired) electrons. The number of likely N-dealkylation sites (N-methyl/N-ethyl adjacent to an activating group) is 1. The molecular formula is C49H79F9N3O6PS2. The van der Waals surface area contributed by atoms with Gasteiger partial charge in [-0.3, -0.25) is 0 Å². The number of benzene rings is 1. The molecule has 4 rings (SSSR count). The maximum Gasteiger partial charge on any atom is 0.435 e. The first-order valence-electron chi connectivity index (χ1n) is 25.8. The van der Waals surface area contributed by atoms with Crippen molar-refractivity contribution in [2.45, 2.75) is 167 Å². The maximum absolute atomic E-state index is 13.2. The van der Waals surface area contributed by atoms with Gasteiger partial charge < -0.3 is 38.1 Å². The standard InChI is InChI=1S/C48H75F9N3O6PS2.CH4/c1-34(2)60(35(3)4)67(65-26-22-58-6)66-33-36(32-61)13-10-8-9-11-29-68-69-30-12-25-62-38-15-17-39-37(31-38)14-16-41-40(39)20-21-44(5)42(41)18-19-43(44)63-27-23-59(7)24-28-64-45(46(49,50)51,47(52,53)54)48(55,56)57;/h15,17,31,34-36,40-43,61H,8-14,16,18-30,32-33H2,1-5,7H3;1H4/i61D;1T. The van der Waals surface area contributed by atoms with Crippen molar-refractivity contribution >= 4 is 30.1 Å². The molecule has 1 N–H and O–H groups in total. The third-order valence-electron chi connectivity index (χ3n) is 14.0. The summed E-state index contributed by atoms with van der Waals surface area (Å²) in [7, 11) is 5.11. The first-order chi connectivity index (χ1) is 34.0. The topological polar surface area (TPSA) is 77.2 Å². The fourth-order valence-electron chi connectivity index (χ4n) is 10.5. The fourth-order valence-corrected chi connectivity index (χ4v) is 14.4. The molecule has 7 atom stereocenters. The van der Waals surface area contributed by atoms with Gasteiger partial charge in [0.2, 0.25) is 7.98 Å². The molecule has 2 fully saturated rings. The largest absolute Gasteiger partial charge is 0.494 e. The molecule has 3 aliphatic carbocycles. The van der Waals surface area contributed by atoms with Crippen LogP contribution < -0.4 is 4.74 Å². The molecule has 7 unspecified atom stereocenters. The summed E-state index contributed by atoms with van der Waals surface area (Å²) in [6.45, 7) is 18.0. The van der Waals surface area contributed by atoms with Crippen LogP contribution in [0.5, 0.6) is 5.75 Å². The zero-order valence-corrected chi connectivity index (χ0v) is 44.5. The first-order valence-corrected chi connectivity index (χ1v) is 28.0. The van der Waals surface area contributed by atoms with Crippen LogP contribution in [-0.2, 0) is 24.9 Å². The number of alkyl halides is 9. The summed E-state index contributed by atoms with van der Waals surface area (Å²) >= 11 is 0. The third kappa shape index (κ3) is 16.9. The second kappa shape index (κ2) is 29.1. The molecule has 0 aromatic heterocycles. The number of aryl methyl sites for hydroxylation is 1. The number of fused-ring (bicyclic) bond motifs is 5. The summed E-state index contributed by atoms with van der Waals surface area (Å²) in [4.78, 5) is 4.71. The molecule has 2 saturated carbocycles. The SMILES string of the molecule is [2H]OCC(CCCCCCSSCCCOc1ccc2c(c1)CCC1C2CCC2(C)C(OCCN(C)CCOC(C(F)(F)F)(C(F)(F)F)C(F)(F)F)CCC12)COP(OCC[N+]#[C-])N(C(C)C)C(C)C.[3H]C. The molecule has 70 heavy (non-hydrogen) atoms. The van der Waals surface area contributed by atoms with Crippen LogP contribution in [-0.4, -0.2) is 136 Å². The van der Waals surface area contributed by atoms with E-state index in [9.17, 15) is 39.5 Å². The van der Waals surface area contributed by atoms with E-state index in [4.69, 9.17) is 33.0 Å². The number of hydrogen-bond acceptors (Lipinski definition) is 10. The van der Waals surface area contributed by atoms with Crippen molar-refractivity contribution in [3.05, 3.63) is 40.7 Å². The van der Waals surface area contributed by atoms with Gasteiger partial charge in [0.1, 0.15) is 12.4 Å². The Balaban J connectivity index is 0.00000676. The summed E-state index contributed by atoms with van der Waals surface area (Å²) in [5, 5.41) is 4.77. The number of ether oxygens (including phenoxy) is 3. The molecule has 0 aliphatic heterocycles. The Labute approximate surface area is 423 Å². The molecule has 0 saturated heterocycles. The van der Waals surface area contributed by atoms with Crippen LogP contribution in [0.2, 0.25) is 0 Å². The normalized spacial score (nSPS) is 23.0. The van der Waals surface area contributed by atoms with Gasteiger partial charge in [-0.25, -0.2) is 11.2 Å². The lowest BCUT2D eigenvalue weighted by atomic mass is 9.55. The lowest BCUT2D eigenvalue weighted by Crippen LogP contribution is -2.68. The molecule has 3 aliphatic rings. The van der Waals surface area contributed by atoms with Gasteiger partial charge in [0.15, 0.2) is 0 Å². The van der Waals surface area contributed by atoms with Gasteiger partial charge in [0.05, 0.1) is 32.5 Å². The Kier molecular flexibility index (Phi) is 24.8. The number of halogens is 9. The molecule has 1 aromatic carbocycles. The van der Waals surface area contributed by atoms with Crippen LogP contribution in [0.3, 0.4) is 0 Å². The Morgan fingerprint density at radius 3 is 2.19 bits per heavy atom. The van der Waals surface area contributed by atoms with Gasteiger partial charge >= 0.3 is 24.1 Å². The highest BCUT2D eigenvalue weighted by Crippen LogP contribution is 2.62. The van der Waals surface area contributed by atoms with Gasteiger partial charge in [0, 0.05) is 50.6 Å². The molecule has 21 heteroatoms. The number of hydrogen-bond donors (Lipinski definition) is 1. The van der Waals surface area contributed by atoms with Crippen LogP contribution in [0, 0.1) is 29.7 Å². The van der Waals surface area contributed by atoms with Gasteiger partial charge in [-0.15, -0.1) is 0 Å². The average Bonchev–Trinajstić information content (AvgIpc) is 3.64. The van der Waals surface area contributed by atoms with E-state index in [-0.39, 0.29) is 42.7 Å². The van der Waals surface area contributed by atoms with E-state index in [1.54, 1.807) is 0 Å². The molecule has 9 nitrogen and oxygen atoms in total. The Bertz CT molecular complexity index is 1700. The highest BCUT2D eigenvalue weighted by Gasteiger charge is 2.85. The zero-order chi connectivity index (χ0) is 53.8. The lowest BCUT2D eigenvalue weighted by Gasteiger charge is -2.50. The van der Waals surface area contributed by atoms with E-state index >= 15 is 0 Å². The van der Waals surface area contributed by atoms with Crippen molar-refractivity contribution in [1.82, 2.24) is 9.57 Å². The van der Waals surface area contributed by atoms with Gasteiger partial charge in [-0.05, 0) is 139 Å². The van der Waals surface area contributed by atoms with Crippen molar-refractivity contribution in [1.29, 1.82) is 1.43 Å². The van der Waals surface area contributed by atoms with Gasteiger partial charge in [0.25, 0.3) is 8.53 Å². The minimum Gasteiger partial charge on any atom is -0.494 e. The van der Waals surface area contributed by atoms with E-state index in [0.717, 1.165) is 94.3 Å². The fraction of sp³-hybridized carbons (Fsp3) is 0.857. The second-order valence-corrected chi connectivity index (χ2v) is 23.6. The summed E-state index contributed by atoms with van der Waals surface area (Å²) in [5.74, 6) is 4.43. The van der Waals surface area contributed by atoms with Crippen LogP contribution in [0.25, 0.3) is 4.85 Å². The predicted molar refractivity (Wildman–Crippen MR) is 263 cm³/mol. The highest BCUT2D eigenvalue weighted by atomic mass is 33.1. The number of aliphatic hydroxyl groups excluding tert-OH is 1. The van der Waals surface area contributed by atoms with Crippen molar-refractivity contribution in [3.63, 3.8) is 0 Å². The monoisotopic (exact) mass is 1070 g/mol. The minimum atomic E-state index is -6.75. The summed E-state index contributed by atoms with van der Waals surface area (Å²) < 4.78 is 163. The number of unbranched alkanes of at least 4 members (excludes halogenated alkanes) is 3. The Morgan fingerprint density at radius 2 is 1.54 bits per heavy atom. The number of aliphatic hydroxyl groups is 1. The number of nitrogens with zero attached hydrogens (tertiary/aromatic N) is 3. The van der Waals surface area contributed by atoms with E-state index in [1.807, 2.05) is 21.6 Å². The van der Waals surface area contributed by atoms with Crippen LogP contribution in [0.15, 0.2) is 18.2 Å². The van der Waals surface area contributed by atoms with Crippen LogP contribution >= 0.6 is 30.1 Å².